The molecule has 1 N–H and O–H groups in total. The van der Waals surface area contributed by atoms with Crippen LogP contribution in [0.25, 0.3) is 0 Å². The van der Waals surface area contributed by atoms with Gasteiger partial charge in [-0.25, -0.2) is 0 Å². The van der Waals surface area contributed by atoms with Gasteiger partial charge in [-0.2, -0.15) is 0 Å². The molecule has 0 radical (unpaired) electrons. The number of rotatable bonds is 4. The largest absolute Gasteiger partial charge is 0.350 e. The number of hydrogen-bond donors (Lipinski definition) is 1. The normalized spacial score (nSPS) is 16.0. The van der Waals surface area contributed by atoms with Crippen molar-refractivity contribution in [1.82, 2.24) is 10.2 Å². The summed E-state index contributed by atoms with van der Waals surface area (Å²) in [6.45, 7) is 1.41. The average molecular weight is 260 g/mol. The van der Waals surface area contributed by atoms with Crippen LogP contribution in [0, 0.1) is 0 Å². The number of nitrogens with zero attached hydrogens (tertiary/aromatic N) is 1. The average Bonchev–Trinajstić information content (AvgIpc) is 2.63. The van der Waals surface area contributed by atoms with E-state index in [4.69, 9.17) is 0 Å². The Morgan fingerprint density at radius 2 is 1.95 bits per heavy atom. The second-order valence-electron chi connectivity index (χ2n) is 4.89. The lowest BCUT2D eigenvalue weighted by Gasteiger charge is -2.19. The van der Waals surface area contributed by atoms with Crippen molar-refractivity contribution in [3.05, 3.63) is 35.9 Å². The number of benzene rings is 1. The van der Waals surface area contributed by atoms with Crippen molar-refractivity contribution in [2.24, 2.45) is 0 Å². The molecule has 1 aromatic rings. The second kappa shape index (κ2) is 6.92. The van der Waals surface area contributed by atoms with Gasteiger partial charge in [0.1, 0.15) is 0 Å². The highest BCUT2D eigenvalue weighted by Crippen LogP contribution is 2.10. The molecule has 4 nitrogen and oxygen atoms in total. The van der Waals surface area contributed by atoms with E-state index >= 15 is 0 Å². The van der Waals surface area contributed by atoms with Crippen LogP contribution < -0.4 is 5.32 Å². The predicted molar refractivity (Wildman–Crippen MR) is 73.3 cm³/mol. The van der Waals surface area contributed by atoms with Crippen LogP contribution in [0.1, 0.15) is 31.2 Å². The molecule has 0 aliphatic carbocycles. The Kier molecular flexibility index (Phi) is 4.95. The van der Waals surface area contributed by atoms with E-state index in [0.29, 0.717) is 19.5 Å². The molecule has 2 amide bonds. The molecule has 2 rings (SSSR count). The minimum absolute atomic E-state index is 0.0842. The summed E-state index contributed by atoms with van der Waals surface area (Å²) in [6, 6.07) is 9.77. The fourth-order valence-electron chi connectivity index (χ4n) is 2.23. The molecular weight excluding hydrogens is 240 g/mol. The van der Waals surface area contributed by atoms with Gasteiger partial charge in [0.25, 0.3) is 0 Å². The van der Waals surface area contributed by atoms with Crippen LogP contribution in [0.3, 0.4) is 0 Å². The highest BCUT2D eigenvalue weighted by atomic mass is 16.2. The zero-order valence-corrected chi connectivity index (χ0v) is 11.1. The SMILES string of the molecule is O=C(CN1CCCCCC1=O)NCc1ccccc1. The molecule has 0 bridgehead atoms. The molecule has 1 fully saturated rings. The Morgan fingerprint density at radius 1 is 1.16 bits per heavy atom. The van der Waals surface area contributed by atoms with Gasteiger partial charge in [-0.15, -0.1) is 0 Å². The van der Waals surface area contributed by atoms with Crippen LogP contribution in [0.2, 0.25) is 0 Å². The first kappa shape index (κ1) is 13.6. The van der Waals surface area contributed by atoms with Crippen LogP contribution in [0.15, 0.2) is 30.3 Å². The second-order valence-corrected chi connectivity index (χ2v) is 4.89. The summed E-state index contributed by atoms with van der Waals surface area (Å²) >= 11 is 0. The predicted octanol–water partition coefficient (Wildman–Crippen LogP) is 1.71. The van der Waals surface area contributed by atoms with E-state index in [-0.39, 0.29) is 18.4 Å². The van der Waals surface area contributed by atoms with Gasteiger partial charge in [-0.3, -0.25) is 9.59 Å². The zero-order chi connectivity index (χ0) is 13.5. The molecule has 19 heavy (non-hydrogen) atoms. The van der Waals surface area contributed by atoms with Crippen LogP contribution in [0.5, 0.6) is 0 Å². The topological polar surface area (TPSA) is 49.4 Å². The Labute approximate surface area is 113 Å². The summed E-state index contributed by atoms with van der Waals surface area (Å²) in [6.07, 6.45) is 3.60. The van der Waals surface area contributed by atoms with Crippen molar-refractivity contribution in [2.75, 3.05) is 13.1 Å². The lowest BCUT2D eigenvalue weighted by atomic mass is 10.2. The van der Waals surface area contributed by atoms with Gasteiger partial charge in [0, 0.05) is 19.5 Å². The summed E-state index contributed by atoms with van der Waals surface area (Å²) in [5.41, 5.74) is 1.07. The fraction of sp³-hybridized carbons (Fsp3) is 0.467. The maximum absolute atomic E-state index is 11.8. The smallest absolute Gasteiger partial charge is 0.239 e. The third-order valence-corrected chi connectivity index (χ3v) is 3.34. The highest BCUT2D eigenvalue weighted by molar-refractivity contribution is 5.84. The van der Waals surface area contributed by atoms with Gasteiger partial charge >= 0.3 is 0 Å². The summed E-state index contributed by atoms with van der Waals surface area (Å²) in [4.78, 5) is 25.3. The monoisotopic (exact) mass is 260 g/mol. The van der Waals surface area contributed by atoms with Gasteiger partial charge in [0.15, 0.2) is 0 Å². The molecule has 1 aromatic carbocycles. The lowest BCUT2D eigenvalue weighted by Crippen LogP contribution is -2.40. The lowest BCUT2D eigenvalue weighted by molar-refractivity contribution is -0.135. The fourth-order valence-corrected chi connectivity index (χ4v) is 2.23. The number of likely N-dealkylation sites (tertiary alicyclic amines) is 1. The number of carbonyl (C=O) groups is 2. The van der Waals surface area contributed by atoms with Crippen molar-refractivity contribution in [1.29, 1.82) is 0 Å². The molecule has 4 heteroatoms. The van der Waals surface area contributed by atoms with Gasteiger partial charge in [0.05, 0.1) is 6.54 Å². The standard InChI is InChI=1S/C15H20N2O2/c18-14(16-11-13-7-3-1-4-8-13)12-17-10-6-2-5-9-15(17)19/h1,3-4,7-8H,2,5-6,9-12H2,(H,16,18). The molecule has 1 aliphatic rings. The summed E-state index contributed by atoms with van der Waals surface area (Å²) < 4.78 is 0. The summed E-state index contributed by atoms with van der Waals surface area (Å²) in [7, 11) is 0. The van der Waals surface area contributed by atoms with Crippen molar-refractivity contribution in [3.63, 3.8) is 0 Å². The molecular formula is C15H20N2O2. The minimum Gasteiger partial charge on any atom is -0.350 e. The molecule has 0 atom stereocenters. The Bertz CT molecular complexity index is 431. The van der Waals surface area contributed by atoms with E-state index in [1.54, 1.807) is 4.90 Å². The Morgan fingerprint density at radius 3 is 2.74 bits per heavy atom. The van der Waals surface area contributed by atoms with Crippen LogP contribution in [-0.4, -0.2) is 29.8 Å². The molecule has 102 valence electrons. The van der Waals surface area contributed by atoms with E-state index < -0.39 is 0 Å². The molecule has 0 saturated carbocycles. The maximum Gasteiger partial charge on any atom is 0.239 e. The van der Waals surface area contributed by atoms with Gasteiger partial charge < -0.3 is 10.2 Å². The van der Waals surface area contributed by atoms with Crippen molar-refractivity contribution in [2.45, 2.75) is 32.2 Å². The van der Waals surface area contributed by atoms with E-state index in [9.17, 15) is 9.59 Å². The van der Waals surface area contributed by atoms with Gasteiger partial charge in [-0.1, -0.05) is 36.8 Å². The van der Waals surface area contributed by atoms with Crippen molar-refractivity contribution in [3.8, 4) is 0 Å². The summed E-state index contributed by atoms with van der Waals surface area (Å²) in [5.74, 6) is 0.0199. The van der Waals surface area contributed by atoms with Crippen LogP contribution >= 0.6 is 0 Å². The number of carbonyl (C=O) groups excluding carboxylic acids is 2. The Hall–Kier alpha value is -1.84. The van der Waals surface area contributed by atoms with Gasteiger partial charge in [-0.05, 0) is 18.4 Å². The third-order valence-electron chi connectivity index (χ3n) is 3.34. The molecule has 1 heterocycles. The molecule has 0 spiro atoms. The van der Waals surface area contributed by atoms with Crippen molar-refractivity contribution < 1.29 is 9.59 Å². The van der Waals surface area contributed by atoms with Crippen molar-refractivity contribution >= 4 is 11.8 Å². The van der Waals surface area contributed by atoms with Gasteiger partial charge in [0.2, 0.25) is 11.8 Å². The van der Waals surface area contributed by atoms with E-state index in [1.165, 1.54) is 0 Å². The first-order valence-corrected chi connectivity index (χ1v) is 6.84. The molecule has 1 aliphatic heterocycles. The number of hydrogen-bond acceptors (Lipinski definition) is 2. The first-order chi connectivity index (χ1) is 9.25. The molecule has 0 aromatic heterocycles. The summed E-state index contributed by atoms with van der Waals surface area (Å²) in [5, 5.41) is 2.85. The van der Waals surface area contributed by atoms with E-state index in [2.05, 4.69) is 5.32 Å². The maximum atomic E-state index is 11.8. The molecule has 0 unspecified atom stereocenters. The Balaban J connectivity index is 1.79. The quantitative estimate of drug-likeness (QED) is 0.896. The highest BCUT2D eigenvalue weighted by Gasteiger charge is 2.18. The first-order valence-electron chi connectivity index (χ1n) is 6.84. The number of nitrogens with one attached hydrogen (secondary N) is 1. The van der Waals surface area contributed by atoms with Crippen LogP contribution in [0.4, 0.5) is 0 Å². The molecule has 1 saturated heterocycles. The van der Waals surface area contributed by atoms with E-state index in [0.717, 1.165) is 24.8 Å². The third kappa shape index (κ3) is 4.39. The number of amides is 2. The van der Waals surface area contributed by atoms with Crippen LogP contribution in [-0.2, 0) is 16.1 Å². The van der Waals surface area contributed by atoms with E-state index in [1.807, 2.05) is 30.3 Å². The zero-order valence-electron chi connectivity index (χ0n) is 11.1. The minimum atomic E-state index is -0.0842.